The highest BCUT2D eigenvalue weighted by molar-refractivity contribution is 7.80. The molecular formula is C20H24N2OS. The maximum atomic E-state index is 5.59. The van der Waals surface area contributed by atoms with Crippen molar-refractivity contribution < 1.29 is 4.74 Å². The van der Waals surface area contributed by atoms with Crippen LogP contribution in [0.25, 0.3) is 0 Å². The topological polar surface area (TPSA) is 24.5 Å². The molecule has 1 aliphatic heterocycles. The van der Waals surface area contributed by atoms with Crippen LogP contribution in [0.4, 0.5) is 5.69 Å². The Balaban J connectivity index is 1.57. The van der Waals surface area contributed by atoms with E-state index >= 15 is 0 Å². The summed E-state index contributed by atoms with van der Waals surface area (Å²) in [6.07, 6.45) is 1.15. The lowest BCUT2D eigenvalue weighted by Gasteiger charge is -2.21. The van der Waals surface area contributed by atoms with Crippen LogP contribution in [0.5, 0.6) is 5.75 Å². The van der Waals surface area contributed by atoms with Gasteiger partial charge in [0.05, 0.1) is 6.61 Å². The Hall–Kier alpha value is -2.07. The quantitative estimate of drug-likeness (QED) is 0.824. The average Bonchev–Trinajstić information content (AvgIpc) is 3.08. The monoisotopic (exact) mass is 340 g/mol. The zero-order valence-electron chi connectivity index (χ0n) is 14.3. The fourth-order valence-electron chi connectivity index (χ4n) is 3.06. The van der Waals surface area contributed by atoms with E-state index in [0.29, 0.717) is 12.5 Å². The highest BCUT2D eigenvalue weighted by Crippen LogP contribution is 2.28. The Morgan fingerprint density at radius 1 is 1.17 bits per heavy atom. The lowest BCUT2D eigenvalue weighted by molar-refractivity contribution is 0.340. The van der Waals surface area contributed by atoms with Gasteiger partial charge in [-0.05, 0) is 62.3 Å². The smallest absolute Gasteiger partial charge is 0.173 e. The minimum atomic E-state index is 0.561. The van der Waals surface area contributed by atoms with Crippen molar-refractivity contribution in [3.05, 3.63) is 59.7 Å². The molecule has 1 unspecified atom stereocenters. The number of aryl methyl sites for hydroxylation is 1. The molecule has 3 rings (SSSR count). The molecule has 0 saturated carbocycles. The number of benzene rings is 2. The zero-order valence-corrected chi connectivity index (χ0v) is 15.1. The normalized spacial score (nSPS) is 16.9. The van der Waals surface area contributed by atoms with E-state index < -0.39 is 0 Å². The third-order valence-electron chi connectivity index (χ3n) is 4.44. The van der Waals surface area contributed by atoms with Crippen molar-refractivity contribution in [2.24, 2.45) is 0 Å². The van der Waals surface area contributed by atoms with Gasteiger partial charge in [-0.25, -0.2) is 0 Å². The molecule has 126 valence electrons. The van der Waals surface area contributed by atoms with Crippen LogP contribution in [0.1, 0.15) is 30.4 Å². The third kappa shape index (κ3) is 4.06. The predicted octanol–water partition coefficient (Wildman–Crippen LogP) is 4.58. The van der Waals surface area contributed by atoms with Crippen LogP contribution in [0.15, 0.2) is 48.5 Å². The number of anilines is 1. The maximum absolute atomic E-state index is 5.59. The summed E-state index contributed by atoms with van der Waals surface area (Å²) in [4.78, 5) is 2.26. The zero-order chi connectivity index (χ0) is 16.9. The van der Waals surface area contributed by atoms with E-state index in [-0.39, 0.29) is 0 Å². The van der Waals surface area contributed by atoms with Gasteiger partial charge in [-0.3, -0.25) is 0 Å². The van der Waals surface area contributed by atoms with Crippen LogP contribution >= 0.6 is 12.2 Å². The van der Waals surface area contributed by atoms with Gasteiger partial charge in [0.1, 0.15) is 5.75 Å². The fraction of sp³-hybridized carbons (Fsp3) is 0.350. The largest absolute Gasteiger partial charge is 0.494 e. The molecular weight excluding hydrogens is 316 g/mol. The molecule has 1 N–H and O–H groups in total. The molecule has 2 aromatic rings. The second-order valence-electron chi connectivity index (χ2n) is 6.23. The van der Waals surface area contributed by atoms with Crippen LogP contribution in [-0.4, -0.2) is 29.7 Å². The number of hydrogen-bond donors (Lipinski definition) is 1. The van der Waals surface area contributed by atoms with E-state index in [1.807, 2.05) is 31.2 Å². The van der Waals surface area contributed by atoms with Crippen molar-refractivity contribution in [3.8, 4) is 5.75 Å². The second kappa shape index (κ2) is 7.67. The Morgan fingerprint density at radius 2 is 1.88 bits per heavy atom. The molecule has 0 spiro atoms. The fourth-order valence-corrected chi connectivity index (χ4v) is 3.34. The summed E-state index contributed by atoms with van der Waals surface area (Å²) in [5, 5.41) is 4.14. The molecule has 2 aromatic carbocycles. The molecule has 0 bridgehead atoms. The lowest BCUT2D eigenvalue weighted by atomic mass is 9.98. The van der Waals surface area contributed by atoms with Crippen LogP contribution in [0.2, 0.25) is 0 Å². The number of ether oxygens (including phenoxy) is 1. The highest BCUT2D eigenvalue weighted by Gasteiger charge is 2.25. The average molecular weight is 340 g/mol. The number of nitrogens with zero attached hydrogens (tertiary/aromatic N) is 1. The van der Waals surface area contributed by atoms with Crippen molar-refractivity contribution in [2.45, 2.75) is 26.2 Å². The van der Waals surface area contributed by atoms with Gasteiger partial charge in [0, 0.05) is 24.7 Å². The van der Waals surface area contributed by atoms with Gasteiger partial charge >= 0.3 is 0 Å². The minimum absolute atomic E-state index is 0.561. The number of thiocarbonyl (C=S) groups is 1. The van der Waals surface area contributed by atoms with Gasteiger partial charge in [0.15, 0.2) is 5.11 Å². The number of hydrogen-bond acceptors (Lipinski definition) is 2. The van der Waals surface area contributed by atoms with Gasteiger partial charge in [-0.2, -0.15) is 0 Å². The van der Waals surface area contributed by atoms with Crippen LogP contribution in [0.3, 0.4) is 0 Å². The summed E-state index contributed by atoms with van der Waals surface area (Å²) in [5.41, 5.74) is 3.72. The summed E-state index contributed by atoms with van der Waals surface area (Å²) in [5.74, 6) is 1.44. The standard InChI is InChI=1S/C20H24N2OS/c1-3-23-19-10-8-18(9-11-19)21-20(24)22-13-12-17(14-22)16-6-4-15(2)5-7-16/h4-11,17H,3,12-14H2,1-2H3,(H,21,24). The van der Waals surface area contributed by atoms with Crippen molar-refractivity contribution >= 4 is 23.0 Å². The summed E-state index contributed by atoms with van der Waals surface area (Å²) in [6.45, 7) is 6.77. The highest BCUT2D eigenvalue weighted by atomic mass is 32.1. The molecule has 0 radical (unpaired) electrons. The van der Waals surface area contributed by atoms with E-state index in [9.17, 15) is 0 Å². The summed E-state index contributed by atoms with van der Waals surface area (Å²) >= 11 is 5.59. The Morgan fingerprint density at radius 3 is 2.54 bits per heavy atom. The molecule has 24 heavy (non-hydrogen) atoms. The van der Waals surface area contributed by atoms with E-state index in [4.69, 9.17) is 17.0 Å². The van der Waals surface area contributed by atoms with Crippen LogP contribution in [0, 0.1) is 6.92 Å². The van der Waals surface area contributed by atoms with E-state index in [0.717, 1.165) is 36.1 Å². The SMILES string of the molecule is CCOc1ccc(NC(=S)N2CCC(c3ccc(C)cc3)C2)cc1. The van der Waals surface area contributed by atoms with Gasteiger partial charge in [0.25, 0.3) is 0 Å². The van der Waals surface area contributed by atoms with Crippen LogP contribution < -0.4 is 10.1 Å². The lowest BCUT2D eigenvalue weighted by Crippen LogP contribution is -2.32. The molecule has 1 saturated heterocycles. The molecule has 4 heteroatoms. The summed E-state index contributed by atoms with van der Waals surface area (Å²) in [6, 6.07) is 16.8. The molecule has 0 aromatic heterocycles. The van der Waals surface area contributed by atoms with E-state index in [1.54, 1.807) is 0 Å². The van der Waals surface area contributed by atoms with Gasteiger partial charge in [-0.15, -0.1) is 0 Å². The van der Waals surface area contributed by atoms with Crippen molar-refractivity contribution in [1.29, 1.82) is 0 Å². The first-order chi connectivity index (χ1) is 11.7. The summed E-state index contributed by atoms with van der Waals surface area (Å²) in [7, 11) is 0. The Kier molecular flexibility index (Phi) is 5.36. The van der Waals surface area contributed by atoms with Crippen LogP contribution in [-0.2, 0) is 0 Å². The first-order valence-corrected chi connectivity index (χ1v) is 8.92. The minimum Gasteiger partial charge on any atom is -0.494 e. The molecule has 0 aliphatic carbocycles. The summed E-state index contributed by atoms with van der Waals surface area (Å²) < 4.78 is 5.47. The Bertz CT molecular complexity index is 682. The molecule has 3 nitrogen and oxygen atoms in total. The van der Waals surface area contributed by atoms with Gasteiger partial charge < -0.3 is 15.0 Å². The van der Waals surface area contributed by atoms with Crippen molar-refractivity contribution in [2.75, 3.05) is 25.0 Å². The molecule has 0 amide bonds. The van der Waals surface area contributed by atoms with Gasteiger partial charge in [-0.1, -0.05) is 29.8 Å². The first kappa shape index (κ1) is 16.8. The van der Waals surface area contributed by atoms with Gasteiger partial charge in [0.2, 0.25) is 0 Å². The molecule has 1 atom stereocenters. The number of likely N-dealkylation sites (tertiary alicyclic amines) is 1. The van der Waals surface area contributed by atoms with Crippen molar-refractivity contribution in [3.63, 3.8) is 0 Å². The second-order valence-corrected chi connectivity index (χ2v) is 6.62. The molecule has 1 fully saturated rings. The number of nitrogens with one attached hydrogen (secondary N) is 1. The van der Waals surface area contributed by atoms with E-state index in [1.165, 1.54) is 11.1 Å². The van der Waals surface area contributed by atoms with Crippen molar-refractivity contribution in [1.82, 2.24) is 4.90 Å². The molecule has 1 heterocycles. The molecule has 1 aliphatic rings. The third-order valence-corrected chi connectivity index (χ3v) is 4.80. The first-order valence-electron chi connectivity index (χ1n) is 8.51. The number of rotatable bonds is 4. The predicted molar refractivity (Wildman–Crippen MR) is 104 cm³/mol. The Labute approximate surface area is 149 Å². The van der Waals surface area contributed by atoms with E-state index in [2.05, 4.69) is 41.4 Å². The maximum Gasteiger partial charge on any atom is 0.173 e.